The first kappa shape index (κ1) is 14.4. The Morgan fingerprint density at radius 1 is 0.609 bits per heavy atom. The Morgan fingerprint density at radius 2 is 0.913 bits per heavy atom. The van der Waals surface area contributed by atoms with Crippen LogP contribution in [0.5, 0.6) is 0 Å². The van der Waals surface area contributed by atoms with E-state index >= 15 is 0 Å². The van der Waals surface area contributed by atoms with Crippen LogP contribution in [0.25, 0.3) is 0 Å². The van der Waals surface area contributed by atoms with Crippen molar-refractivity contribution in [2.24, 2.45) is 0 Å². The summed E-state index contributed by atoms with van der Waals surface area (Å²) in [7, 11) is -2.18. The summed E-state index contributed by atoms with van der Waals surface area (Å²) in [5.74, 6) is 0. The van der Waals surface area contributed by atoms with Crippen LogP contribution in [0, 0.1) is 0 Å². The van der Waals surface area contributed by atoms with Gasteiger partial charge in [-0.1, -0.05) is 91.0 Å². The summed E-state index contributed by atoms with van der Waals surface area (Å²) in [5.41, 5.74) is 0.301. The minimum atomic E-state index is -2.18. The molecule has 0 aromatic heterocycles. The Bertz CT molecular complexity index is 674. The lowest BCUT2D eigenvalue weighted by atomic mass is 10.3. The van der Waals surface area contributed by atoms with Gasteiger partial charge >= 0.3 is 0 Å². The lowest BCUT2D eigenvalue weighted by Gasteiger charge is -2.32. The molecule has 1 nitrogen and oxygen atoms in total. The van der Waals surface area contributed by atoms with Crippen LogP contribution in [-0.4, -0.2) is 19.9 Å². The molecule has 0 radical (unpaired) electrons. The first-order valence-electron chi connectivity index (χ1n) is 8.15. The molecule has 0 saturated carbocycles. The predicted molar refractivity (Wildman–Crippen MR) is 98.3 cm³/mol. The quantitative estimate of drug-likeness (QED) is 0.409. The van der Waals surface area contributed by atoms with E-state index in [4.69, 9.17) is 4.74 Å². The van der Waals surface area contributed by atoms with E-state index in [9.17, 15) is 0 Å². The Morgan fingerprint density at radius 3 is 1.17 bits per heavy atom. The molecular formula is C21H20OSi. The van der Waals surface area contributed by atoms with Gasteiger partial charge in [-0.2, -0.15) is 0 Å². The van der Waals surface area contributed by atoms with E-state index in [0.717, 1.165) is 0 Å². The number of rotatable bonds is 4. The van der Waals surface area contributed by atoms with Crippen molar-refractivity contribution in [3.05, 3.63) is 91.0 Å². The van der Waals surface area contributed by atoms with Gasteiger partial charge in [0.15, 0.2) is 8.07 Å². The van der Waals surface area contributed by atoms with Crippen molar-refractivity contribution < 1.29 is 4.74 Å². The summed E-state index contributed by atoms with van der Waals surface area (Å²) >= 11 is 0. The van der Waals surface area contributed by atoms with Gasteiger partial charge in [0.25, 0.3) is 0 Å². The lowest BCUT2D eigenvalue weighted by Crippen LogP contribution is -2.71. The van der Waals surface area contributed by atoms with Crippen molar-refractivity contribution in [2.45, 2.75) is 18.8 Å². The minimum Gasteiger partial charge on any atom is -0.372 e. The van der Waals surface area contributed by atoms with Crippen molar-refractivity contribution >= 4 is 23.6 Å². The smallest absolute Gasteiger partial charge is 0.182 e. The third-order valence-electron chi connectivity index (χ3n) is 4.83. The van der Waals surface area contributed by atoms with Gasteiger partial charge in [-0.25, -0.2) is 0 Å². The van der Waals surface area contributed by atoms with Gasteiger partial charge in [-0.05, 0) is 22.5 Å². The topological polar surface area (TPSA) is 12.5 Å². The van der Waals surface area contributed by atoms with Gasteiger partial charge in [0.05, 0.1) is 11.8 Å². The molecule has 1 aliphatic heterocycles. The number of benzene rings is 3. The molecule has 1 aliphatic rings. The van der Waals surface area contributed by atoms with Crippen molar-refractivity contribution in [3.63, 3.8) is 0 Å². The fourth-order valence-corrected chi connectivity index (χ4v) is 9.00. The van der Waals surface area contributed by atoms with E-state index in [1.165, 1.54) is 15.6 Å². The maximum Gasteiger partial charge on any atom is 0.182 e. The van der Waals surface area contributed by atoms with E-state index in [0.29, 0.717) is 11.8 Å². The summed E-state index contributed by atoms with van der Waals surface area (Å²) < 4.78 is 6.11. The van der Waals surface area contributed by atoms with Crippen LogP contribution in [0.2, 0.25) is 0 Å². The molecule has 0 bridgehead atoms. The normalized spacial score (nSPS) is 20.2. The molecule has 3 aromatic rings. The zero-order valence-corrected chi connectivity index (χ0v) is 14.2. The Balaban J connectivity index is 2.03. The second-order valence-corrected chi connectivity index (χ2v) is 10.1. The molecule has 3 aromatic carbocycles. The molecule has 0 unspecified atom stereocenters. The zero-order chi connectivity index (χ0) is 15.7. The van der Waals surface area contributed by atoms with Crippen LogP contribution in [0.4, 0.5) is 0 Å². The van der Waals surface area contributed by atoms with Crippen molar-refractivity contribution in [3.8, 4) is 0 Å². The fraction of sp³-hybridized carbons (Fsp3) is 0.143. The highest BCUT2D eigenvalue weighted by Gasteiger charge is 2.57. The Kier molecular flexibility index (Phi) is 3.64. The van der Waals surface area contributed by atoms with E-state index in [-0.39, 0.29) is 0 Å². The standard InChI is InChI=1S/C21H20OSi/c1-17-21(22-17)23(18-11-5-2-6-12-18,19-13-7-3-8-14-19)20-15-9-4-10-16-20/h2-17,21H,1H3/t17-,21-/m0/s1. The molecule has 0 amide bonds. The molecule has 2 heteroatoms. The molecule has 1 fully saturated rings. The van der Waals surface area contributed by atoms with Crippen LogP contribution in [0.1, 0.15) is 6.92 Å². The average molecular weight is 316 g/mol. The number of ether oxygens (including phenoxy) is 1. The number of epoxide rings is 1. The SMILES string of the molecule is C[C@@H]1O[C@H]1[Si](c1ccccc1)(c1ccccc1)c1ccccc1. The molecule has 114 valence electrons. The molecule has 0 spiro atoms. The number of hydrogen-bond donors (Lipinski definition) is 0. The van der Waals surface area contributed by atoms with Gasteiger partial charge in [-0.3, -0.25) is 0 Å². The summed E-state index contributed by atoms with van der Waals surface area (Å²) in [6, 6.07) is 32.8. The highest BCUT2D eigenvalue weighted by atomic mass is 28.3. The van der Waals surface area contributed by atoms with Gasteiger partial charge in [0.1, 0.15) is 0 Å². The summed E-state index contributed by atoms with van der Waals surface area (Å²) in [6.45, 7) is 2.20. The van der Waals surface area contributed by atoms with Gasteiger partial charge in [-0.15, -0.1) is 0 Å². The third kappa shape index (κ3) is 2.35. The second-order valence-electron chi connectivity index (χ2n) is 6.17. The molecule has 1 saturated heterocycles. The van der Waals surface area contributed by atoms with Gasteiger partial charge in [0, 0.05) is 0 Å². The summed E-state index contributed by atoms with van der Waals surface area (Å²) in [6.07, 6.45) is 0.322. The predicted octanol–water partition coefficient (Wildman–Crippen LogP) is 2.48. The average Bonchev–Trinajstić information content (AvgIpc) is 3.35. The summed E-state index contributed by atoms with van der Waals surface area (Å²) in [4.78, 5) is 0. The Labute approximate surface area is 138 Å². The van der Waals surface area contributed by atoms with Gasteiger partial charge < -0.3 is 4.74 Å². The molecule has 0 aliphatic carbocycles. The van der Waals surface area contributed by atoms with Crippen LogP contribution < -0.4 is 15.6 Å². The molecule has 0 N–H and O–H groups in total. The molecular weight excluding hydrogens is 296 g/mol. The first-order valence-corrected chi connectivity index (χ1v) is 10.2. The first-order chi connectivity index (χ1) is 11.3. The third-order valence-corrected chi connectivity index (χ3v) is 10.0. The maximum absolute atomic E-state index is 6.11. The van der Waals surface area contributed by atoms with Crippen LogP contribution in [0.15, 0.2) is 91.0 Å². The van der Waals surface area contributed by atoms with Gasteiger partial charge in [0.2, 0.25) is 0 Å². The van der Waals surface area contributed by atoms with Crippen molar-refractivity contribution in [1.29, 1.82) is 0 Å². The van der Waals surface area contributed by atoms with Crippen LogP contribution >= 0.6 is 0 Å². The monoisotopic (exact) mass is 316 g/mol. The van der Waals surface area contributed by atoms with Crippen molar-refractivity contribution in [2.75, 3.05) is 0 Å². The molecule has 1 heterocycles. The molecule has 4 rings (SSSR count). The molecule has 23 heavy (non-hydrogen) atoms. The second kappa shape index (κ2) is 5.80. The molecule has 2 atom stereocenters. The highest BCUT2D eigenvalue weighted by molar-refractivity contribution is 7.12. The van der Waals surface area contributed by atoms with Crippen LogP contribution in [-0.2, 0) is 4.74 Å². The highest BCUT2D eigenvalue weighted by Crippen LogP contribution is 2.30. The summed E-state index contributed by atoms with van der Waals surface area (Å²) in [5, 5.41) is 4.27. The maximum atomic E-state index is 6.11. The Hall–Kier alpha value is -2.16. The lowest BCUT2D eigenvalue weighted by molar-refractivity contribution is 0.408. The van der Waals surface area contributed by atoms with Crippen molar-refractivity contribution in [1.82, 2.24) is 0 Å². The number of hydrogen-bond acceptors (Lipinski definition) is 1. The zero-order valence-electron chi connectivity index (χ0n) is 13.2. The van der Waals surface area contributed by atoms with E-state index in [1.807, 2.05) is 0 Å². The minimum absolute atomic E-state index is 0.301. The van der Waals surface area contributed by atoms with E-state index in [1.54, 1.807) is 0 Å². The van der Waals surface area contributed by atoms with E-state index < -0.39 is 8.07 Å². The van der Waals surface area contributed by atoms with Crippen LogP contribution in [0.3, 0.4) is 0 Å². The van der Waals surface area contributed by atoms with E-state index in [2.05, 4.69) is 97.9 Å². The fourth-order valence-electron chi connectivity index (χ4n) is 3.74. The largest absolute Gasteiger partial charge is 0.372 e.